The molecule has 1 saturated carbocycles. The van der Waals surface area contributed by atoms with Crippen molar-refractivity contribution in [1.82, 2.24) is 0 Å². The average molecular weight is 236 g/mol. The van der Waals surface area contributed by atoms with Gasteiger partial charge in [0.05, 0.1) is 24.6 Å². The van der Waals surface area contributed by atoms with E-state index in [4.69, 9.17) is 10.5 Å². The summed E-state index contributed by atoms with van der Waals surface area (Å²) in [5.41, 5.74) is 7.37. The second-order valence-electron chi connectivity index (χ2n) is 5.22. The zero-order chi connectivity index (χ0) is 12.6. The molecule has 2 atom stereocenters. The SMILES string of the molecule is COc1ccc(N)c(NC2CC(O)C2(C)C)c1. The Balaban J connectivity index is 2.14. The van der Waals surface area contributed by atoms with Gasteiger partial charge in [0.15, 0.2) is 0 Å². The maximum Gasteiger partial charge on any atom is 0.121 e. The van der Waals surface area contributed by atoms with E-state index in [1.807, 2.05) is 18.2 Å². The van der Waals surface area contributed by atoms with Crippen molar-refractivity contribution in [2.45, 2.75) is 32.4 Å². The van der Waals surface area contributed by atoms with Crippen molar-refractivity contribution in [2.24, 2.45) is 5.41 Å². The minimum Gasteiger partial charge on any atom is -0.497 e. The van der Waals surface area contributed by atoms with Crippen LogP contribution in [0.2, 0.25) is 0 Å². The van der Waals surface area contributed by atoms with Crippen LogP contribution in [0.15, 0.2) is 18.2 Å². The van der Waals surface area contributed by atoms with E-state index in [9.17, 15) is 5.11 Å². The predicted octanol–water partition coefficient (Wildman–Crippen LogP) is 1.85. The first-order valence-corrected chi connectivity index (χ1v) is 5.83. The molecule has 0 spiro atoms. The highest BCUT2D eigenvalue weighted by molar-refractivity contribution is 5.68. The molecule has 1 aromatic rings. The first-order valence-electron chi connectivity index (χ1n) is 5.83. The Morgan fingerprint density at radius 1 is 1.47 bits per heavy atom. The van der Waals surface area contributed by atoms with E-state index in [-0.39, 0.29) is 17.6 Å². The second-order valence-corrected chi connectivity index (χ2v) is 5.22. The van der Waals surface area contributed by atoms with Crippen molar-refractivity contribution in [3.63, 3.8) is 0 Å². The molecule has 1 aliphatic carbocycles. The van der Waals surface area contributed by atoms with Crippen LogP contribution in [-0.4, -0.2) is 24.4 Å². The molecule has 0 heterocycles. The number of benzene rings is 1. The molecule has 0 radical (unpaired) electrons. The fraction of sp³-hybridized carbons (Fsp3) is 0.538. The highest BCUT2D eigenvalue weighted by atomic mass is 16.5. The number of rotatable bonds is 3. The maximum absolute atomic E-state index is 9.70. The van der Waals surface area contributed by atoms with Crippen LogP contribution in [0.25, 0.3) is 0 Å². The fourth-order valence-electron chi connectivity index (χ4n) is 2.12. The molecule has 2 unspecified atom stereocenters. The number of nitrogen functional groups attached to an aromatic ring is 1. The summed E-state index contributed by atoms with van der Waals surface area (Å²) in [5, 5.41) is 13.1. The molecule has 1 fully saturated rings. The quantitative estimate of drug-likeness (QED) is 0.701. The van der Waals surface area contributed by atoms with Crippen molar-refractivity contribution in [2.75, 3.05) is 18.2 Å². The van der Waals surface area contributed by atoms with Gasteiger partial charge in [-0.3, -0.25) is 0 Å². The normalized spacial score (nSPS) is 26.1. The van der Waals surface area contributed by atoms with Crippen LogP contribution in [0.3, 0.4) is 0 Å². The van der Waals surface area contributed by atoms with Gasteiger partial charge in [-0.1, -0.05) is 13.8 Å². The smallest absolute Gasteiger partial charge is 0.121 e. The molecule has 0 bridgehead atoms. The Labute approximate surface area is 102 Å². The van der Waals surface area contributed by atoms with Crippen LogP contribution in [-0.2, 0) is 0 Å². The van der Waals surface area contributed by atoms with Gasteiger partial charge in [0, 0.05) is 17.5 Å². The van der Waals surface area contributed by atoms with E-state index in [2.05, 4.69) is 19.2 Å². The molecule has 2 rings (SSSR count). The fourth-order valence-corrected chi connectivity index (χ4v) is 2.12. The number of hydrogen-bond acceptors (Lipinski definition) is 4. The molecule has 0 aromatic heterocycles. The number of hydrogen-bond donors (Lipinski definition) is 3. The molecule has 1 aliphatic rings. The average Bonchev–Trinajstić information content (AvgIpc) is 2.31. The van der Waals surface area contributed by atoms with Crippen molar-refractivity contribution in [3.05, 3.63) is 18.2 Å². The van der Waals surface area contributed by atoms with Crippen molar-refractivity contribution in [1.29, 1.82) is 0 Å². The summed E-state index contributed by atoms with van der Waals surface area (Å²) in [4.78, 5) is 0. The van der Waals surface area contributed by atoms with E-state index in [0.717, 1.165) is 17.9 Å². The van der Waals surface area contributed by atoms with Gasteiger partial charge in [-0.05, 0) is 18.6 Å². The zero-order valence-corrected chi connectivity index (χ0v) is 10.5. The molecule has 4 heteroatoms. The van der Waals surface area contributed by atoms with Crippen LogP contribution in [0.1, 0.15) is 20.3 Å². The lowest BCUT2D eigenvalue weighted by Crippen LogP contribution is -2.56. The third-order valence-electron chi connectivity index (χ3n) is 3.81. The summed E-state index contributed by atoms with van der Waals surface area (Å²) < 4.78 is 5.17. The topological polar surface area (TPSA) is 67.5 Å². The van der Waals surface area contributed by atoms with Gasteiger partial charge in [-0.25, -0.2) is 0 Å². The molecule has 4 N–H and O–H groups in total. The summed E-state index contributed by atoms with van der Waals surface area (Å²) >= 11 is 0. The zero-order valence-electron chi connectivity index (χ0n) is 10.5. The Kier molecular flexibility index (Phi) is 2.91. The van der Waals surface area contributed by atoms with Gasteiger partial charge in [0.25, 0.3) is 0 Å². The Morgan fingerprint density at radius 3 is 2.71 bits per heavy atom. The van der Waals surface area contributed by atoms with E-state index in [1.165, 1.54) is 0 Å². The van der Waals surface area contributed by atoms with Gasteiger partial charge in [0.1, 0.15) is 5.75 Å². The summed E-state index contributed by atoms with van der Waals surface area (Å²) in [7, 11) is 1.63. The van der Waals surface area contributed by atoms with Crippen molar-refractivity contribution >= 4 is 11.4 Å². The first kappa shape index (κ1) is 12.0. The van der Waals surface area contributed by atoms with Gasteiger partial charge in [0.2, 0.25) is 0 Å². The van der Waals surface area contributed by atoms with Crippen LogP contribution in [0, 0.1) is 5.41 Å². The number of anilines is 2. The predicted molar refractivity (Wildman–Crippen MR) is 69.2 cm³/mol. The van der Waals surface area contributed by atoms with Crippen LogP contribution in [0.5, 0.6) is 5.75 Å². The van der Waals surface area contributed by atoms with Crippen molar-refractivity contribution in [3.8, 4) is 5.75 Å². The second kappa shape index (κ2) is 4.11. The summed E-state index contributed by atoms with van der Waals surface area (Å²) in [6.07, 6.45) is 0.510. The summed E-state index contributed by atoms with van der Waals surface area (Å²) in [6.45, 7) is 4.10. The monoisotopic (exact) mass is 236 g/mol. The van der Waals surface area contributed by atoms with Crippen LogP contribution < -0.4 is 15.8 Å². The molecule has 0 aliphatic heterocycles. The Bertz CT molecular complexity index is 418. The lowest BCUT2D eigenvalue weighted by atomic mass is 9.64. The highest BCUT2D eigenvalue weighted by Crippen LogP contribution is 2.43. The minimum atomic E-state index is -0.244. The summed E-state index contributed by atoms with van der Waals surface area (Å²) in [5.74, 6) is 0.777. The number of aliphatic hydroxyl groups excluding tert-OH is 1. The molecular weight excluding hydrogens is 216 g/mol. The van der Waals surface area contributed by atoms with E-state index >= 15 is 0 Å². The molecule has 0 amide bonds. The number of nitrogens with one attached hydrogen (secondary N) is 1. The number of methoxy groups -OCH3 is 1. The van der Waals surface area contributed by atoms with Gasteiger partial charge >= 0.3 is 0 Å². The molecule has 17 heavy (non-hydrogen) atoms. The maximum atomic E-state index is 9.70. The highest BCUT2D eigenvalue weighted by Gasteiger charge is 2.47. The van der Waals surface area contributed by atoms with E-state index in [1.54, 1.807) is 7.11 Å². The van der Waals surface area contributed by atoms with E-state index < -0.39 is 0 Å². The van der Waals surface area contributed by atoms with Gasteiger partial charge in [-0.2, -0.15) is 0 Å². The molecule has 1 aromatic carbocycles. The molecule has 0 saturated heterocycles. The van der Waals surface area contributed by atoms with Crippen molar-refractivity contribution < 1.29 is 9.84 Å². The molecule has 94 valence electrons. The van der Waals surface area contributed by atoms with Gasteiger partial charge in [-0.15, -0.1) is 0 Å². The summed E-state index contributed by atoms with van der Waals surface area (Å²) in [6, 6.07) is 5.78. The lowest BCUT2D eigenvalue weighted by Gasteiger charge is -2.50. The van der Waals surface area contributed by atoms with Crippen LogP contribution in [0.4, 0.5) is 11.4 Å². The lowest BCUT2D eigenvalue weighted by molar-refractivity contribution is -0.0510. The van der Waals surface area contributed by atoms with E-state index in [0.29, 0.717) is 5.69 Å². The number of ether oxygens (including phenoxy) is 1. The Morgan fingerprint density at radius 2 is 2.18 bits per heavy atom. The Hall–Kier alpha value is -1.42. The molecule has 4 nitrogen and oxygen atoms in total. The standard InChI is InChI=1S/C13H20N2O2/c1-13(2)11(7-12(13)16)15-10-6-8(17-3)4-5-9(10)14/h4-6,11-12,15-16H,7,14H2,1-3H3. The van der Waals surface area contributed by atoms with Crippen LogP contribution >= 0.6 is 0 Å². The van der Waals surface area contributed by atoms with Gasteiger partial charge < -0.3 is 20.9 Å². The number of nitrogens with two attached hydrogens (primary N) is 1. The number of aliphatic hydroxyl groups is 1. The molecular formula is C13H20N2O2. The minimum absolute atomic E-state index is 0.116. The third kappa shape index (κ3) is 2.05. The largest absolute Gasteiger partial charge is 0.497 e. The first-order chi connectivity index (χ1) is 7.95. The third-order valence-corrected chi connectivity index (χ3v) is 3.81.